The van der Waals surface area contributed by atoms with Crippen LogP contribution in [0.5, 0.6) is 5.75 Å². The number of nitrogen functional groups attached to an aromatic ring is 1. The number of ether oxygens (including phenoxy) is 2. The molecule has 0 bridgehead atoms. The van der Waals surface area contributed by atoms with Gasteiger partial charge in [-0.2, -0.15) is 0 Å². The third-order valence-electron chi connectivity index (χ3n) is 2.94. The van der Waals surface area contributed by atoms with Gasteiger partial charge in [-0.25, -0.2) is 0 Å². The summed E-state index contributed by atoms with van der Waals surface area (Å²) in [4.78, 5) is 0. The Labute approximate surface area is 109 Å². The molecule has 0 unspecified atom stereocenters. The van der Waals surface area contributed by atoms with Gasteiger partial charge in [-0.1, -0.05) is 11.6 Å². The van der Waals surface area contributed by atoms with Gasteiger partial charge in [-0.15, -0.1) is 0 Å². The van der Waals surface area contributed by atoms with Crippen LogP contribution < -0.4 is 10.5 Å². The van der Waals surface area contributed by atoms with Crippen molar-refractivity contribution in [3.8, 4) is 5.75 Å². The van der Waals surface area contributed by atoms with Crippen LogP contribution in [-0.4, -0.2) is 25.2 Å². The number of nitrogens with one attached hydrogen (secondary N) is 1. The highest BCUT2D eigenvalue weighted by atomic mass is 16.5. The molecule has 0 saturated carbocycles. The summed E-state index contributed by atoms with van der Waals surface area (Å²) in [5.41, 5.74) is 7.04. The van der Waals surface area contributed by atoms with E-state index in [9.17, 15) is 0 Å². The van der Waals surface area contributed by atoms with Crippen molar-refractivity contribution < 1.29 is 9.47 Å². The minimum Gasteiger partial charge on any atom is -0.493 e. The van der Waals surface area contributed by atoms with E-state index in [1.54, 1.807) is 7.11 Å². The van der Waals surface area contributed by atoms with Crippen LogP contribution in [0.25, 0.3) is 0 Å². The van der Waals surface area contributed by atoms with E-state index in [1.807, 2.05) is 39.0 Å². The molecule has 0 aliphatic heterocycles. The molecular weight excluding hydrogens is 228 g/mol. The number of nitrogens with two attached hydrogens (primary N) is 1. The molecule has 1 aromatic rings. The minimum atomic E-state index is -0.207. The van der Waals surface area contributed by atoms with Crippen molar-refractivity contribution in [3.63, 3.8) is 0 Å². The lowest BCUT2D eigenvalue weighted by atomic mass is 10.1. The van der Waals surface area contributed by atoms with Gasteiger partial charge in [0.15, 0.2) is 0 Å². The van der Waals surface area contributed by atoms with Gasteiger partial charge in [-0.05, 0) is 32.9 Å². The van der Waals surface area contributed by atoms with Crippen LogP contribution in [0.15, 0.2) is 18.2 Å². The molecule has 4 heteroatoms. The van der Waals surface area contributed by atoms with Crippen LogP contribution in [0.1, 0.15) is 31.4 Å². The summed E-state index contributed by atoms with van der Waals surface area (Å²) in [6.07, 6.45) is 0.773. The molecule has 18 heavy (non-hydrogen) atoms. The molecule has 1 rings (SSSR count). The van der Waals surface area contributed by atoms with E-state index in [-0.39, 0.29) is 11.4 Å². The molecule has 4 nitrogen and oxygen atoms in total. The second-order valence-corrected chi connectivity index (χ2v) is 4.98. The van der Waals surface area contributed by atoms with Gasteiger partial charge in [0.1, 0.15) is 11.6 Å². The number of amidine groups is 1. The maximum absolute atomic E-state index is 7.54. The van der Waals surface area contributed by atoms with Gasteiger partial charge in [0.2, 0.25) is 0 Å². The first kappa shape index (κ1) is 14.5. The van der Waals surface area contributed by atoms with Crippen LogP contribution in [0.4, 0.5) is 0 Å². The molecule has 0 aliphatic rings. The number of methoxy groups -OCH3 is 1. The molecular formula is C14H22N2O2. The molecule has 1 aromatic carbocycles. The highest BCUT2D eigenvalue weighted by Gasteiger charge is 2.16. The summed E-state index contributed by atoms with van der Waals surface area (Å²) in [5, 5.41) is 7.54. The molecule has 0 saturated heterocycles. The van der Waals surface area contributed by atoms with Crippen LogP contribution >= 0.6 is 0 Å². The predicted octanol–water partition coefficient (Wildman–Crippen LogP) is 2.47. The quantitative estimate of drug-likeness (QED) is 0.602. The highest BCUT2D eigenvalue weighted by Crippen LogP contribution is 2.21. The van der Waals surface area contributed by atoms with Crippen molar-refractivity contribution in [2.45, 2.75) is 32.8 Å². The Morgan fingerprint density at radius 1 is 1.39 bits per heavy atom. The summed E-state index contributed by atoms with van der Waals surface area (Å²) in [5.74, 6) is 0.680. The van der Waals surface area contributed by atoms with Crippen LogP contribution in [0.2, 0.25) is 0 Å². The zero-order chi connectivity index (χ0) is 13.8. The maximum Gasteiger partial charge on any atom is 0.130 e. The summed E-state index contributed by atoms with van der Waals surface area (Å²) in [7, 11) is 1.69. The number of hydrogen-bond acceptors (Lipinski definition) is 3. The van der Waals surface area contributed by atoms with Gasteiger partial charge < -0.3 is 15.2 Å². The van der Waals surface area contributed by atoms with Crippen LogP contribution in [-0.2, 0) is 4.74 Å². The second-order valence-electron chi connectivity index (χ2n) is 4.98. The van der Waals surface area contributed by atoms with Gasteiger partial charge >= 0.3 is 0 Å². The van der Waals surface area contributed by atoms with Crippen molar-refractivity contribution in [1.29, 1.82) is 5.41 Å². The van der Waals surface area contributed by atoms with Crippen molar-refractivity contribution in [2.24, 2.45) is 5.73 Å². The molecule has 0 atom stereocenters. The van der Waals surface area contributed by atoms with Crippen molar-refractivity contribution in [1.82, 2.24) is 0 Å². The van der Waals surface area contributed by atoms with Gasteiger partial charge in [-0.3, -0.25) is 5.41 Å². The molecule has 0 amide bonds. The van der Waals surface area contributed by atoms with Crippen molar-refractivity contribution in [2.75, 3.05) is 13.7 Å². The zero-order valence-electron chi connectivity index (χ0n) is 11.5. The van der Waals surface area contributed by atoms with E-state index in [2.05, 4.69) is 0 Å². The molecule has 0 aromatic heterocycles. The van der Waals surface area contributed by atoms with Crippen LogP contribution in [0, 0.1) is 12.3 Å². The number of benzene rings is 1. The standard InChI is InChI=1S/C14H22N2O2/c1-10-5-6-12(11(9-10)13(15)16)18-8-7-14(2,3)17-4/h5-6,9H,7-8H2,1-4H3,(H3,15,16). The van der Waals surface area contributed by atoms with Crippen molar-refractivity contribution >= 4 is 5.84 Å². The molecule has 0 fully saturated rings. The van der Waals surface area contributed by atoms with E-state index in [1.165, 1.54) is 0 Å². The van der Waals surface area contributed by atoms with Gasteiger partial charge in [0, 0.05) is 13.5 Å². The zero-order valence-corrected chi connectivity index (χ0v) is 11.5. The molecule has 3 N–H and O–H groups in total. The predicted molar refractivity (Wildman–Crippen MR) is 73.4 cm³/mol. The van der Waals surface area contributed by atoms with E-state index in [4.69, 9.17) is 20.6 Å². The fourth-order valence-electron chi connectivity index (χ4n) is 1.49. The molecule has 100 valence electrons. The smallest absolute Gasteiger partial charge is 0.130 e. The monoisotopic (exact) mass is 250 g/mol. The Bertz CT molecular complexity index is 428. The lowest BCUT2D eigenvalue weighted by molar-refractivity contribution is 0.00544. The summed E-state index contributed by atoms with van der Waals surface area (Å²) in [6.45, 7) is 6.52. The average molecular weight is 250 g/mol. The first-order valence-electron chi connectivity index (χ1n) is 5.99. The second kappa shape index (κ2) is 5.87. The lowest BCUT2D eigenvalue weighted by Gasteiger charge is -2.23. The summed E-state index contributed by atoms with van der Waals surface area (Å²) in [6, 6.07) is 5.66. The normalized spacial score (nSPS) is 11.3. The van der Waals surface area contributed by atoms with E-state index in [0.717, 1.165) is 12.0 Å². The summed E-state index contributed by atoms with van der Waals surface area (Å²) < 4.78 is 11.0. The third-order valence-corrected chi connectivity index (χ3v) is 2.94. The topological polar surface area (TPSA) is 68.3 Å². The van der Waals surface area contributed by atoms with E-state index >= 15 is 0 Å². The number of rotatable bonds is 6. The first-order valence-corrected chi connectivity index (χ1v) is 5.99. The Balaban J connectivity index is 2.70. The minimum absolute atomic E-state index is 0.0275. The molecule has 0 radical (unpaired) electrons. The Morgan fingerprint density at radius 3 is 2.61 bits per heavy atom. The van der Waals surface area contributed by atoms with Crippen LogP contribution in [0.3, 0.4) is 0 Å². The van der Waals surface area contributed by atoms with Gasteiger partial charge in [0.25, 0.3) is 0 Å². The molecule has 0 aliphatic carbocycles. The largest absolute Gasteiger partial charge is 0.493 e. The van der Waals surface area contributed by atoms with Gasteiger partial charge in [0.05, 0.1) is 17.8 Å². The fraction of sp³-hybridized carbons (Fsp3) is 0.500. The molecule has 0 heterocycles. The Morgan fingerprint density at radius 2 is 2.06 bits per heavy atom. The highest BCUT2D eigenvalue weighted by molar-refractivity contribution is 5.97. The number of aryl methyl sites for hydroxylation is 1. The number of hydrogen-bond donors (Lipinski definition) is 2. The Kier molecular flexibility index (Phi) is 4.73. The van der Waals surface area contributed by atoms with E-state index in [0.29, 0.717) is 17.9 Å². The summed E-state index contributed by atoms with van der Waals surface area (Å²) >= 11 is 0. The molecule has 0 spiro atoms. The average Bonchev–Trinajstić information content (AvgIpc) is 2.30. The first-order chi connectivity index (χ1) is 8.35. The van der Waals surface area contributed by atoms with E-state index < -0.39 is 0 Å². The lowest BCUT2D eigenvalue weighted by Crippen LogP contribution is -2.25. The SMILES string of the molecule is COC(C)(C)CCOc1ccc(C)cc1C(=N)N. The third kappa shape index (κ3) is 4.04. The Hall–Kier alpha value is -1.55. The van der Waals surface area contributed by atoms with Crippen molar-refractivity contribution in [3.05, 3.63) is 29.3 Å². The maximum atomic E-state index is 7.54. The fourth-order valence-corrected chi connectivity index (χ4v) is 1.49.